The number of carboxylic acids is 1. The fourth-order valence-electron chi connectivity index (χ4n) is 2.19. The van der Waals surface area contributed by atoms with Crippen molar-refractivity contribution in [2.45, 2.75) is 38.3 Å². The molecule has 0 aromatic heterocycles. The van der Waals surface area contributed by atoms with Gasteiger partial charge in [0, 0.05) is 37.3 Å². The monoisotopic (exact) mass is 224 g/mol. The van der Waals surface area contributed by atoms with Crippen LogP contribution in [-0.4, -0.2) is 47.7 Å². The van der Waals surface area contributed by atoms with E-state index in [0.29, 0.717) is 18.2 Å². The summed E-state index contributed by atoms with van der Waals surface area (Å²) in [7, 11) is 0. The van der Waals surface area contributed by atoms with Gasteiger partial charge in [0.25, 0.3) is 0 Å². The molecule has 2 N–H and O–H groups in total. The van der Waals surface area contributed by atoms with Crippen molar-refractivity contribution in [2.24, 2.45) is 0 Å². The van der Waals surface area contributed by atoms with Gasteiger partial charge in [-0.2, -0.15) is 0 Å². The molecule has 0 aromatic carbocycles. The van der Waals surface area contributed by atoms with Crippen LogP contribution in [0.25, 0.3) is 0 Å². The van der Waals surface area contributed by atoms with Gasteiger partial charge in [-0.3, -0.25) is 4.90 Å². The van der Waals surface area contributed by atoms with E-state index < -0.39 is 5.97 Å². The van der Waals surface area contributed by atoms with Gasteiger partial charge in [0.2, 0.25) is 0 Å². The highest BCUT2D eigenvalue weighted by Gasteiger charge is 2.33. The zero-order chi connectivity index (χ0) is 11.5. The molecule has 1 unspecified atom stereocenters. The Morgan fingerprint density at radius 2 is 2.25 bits per heavy atom. The predicted molar refractivity (Wildman–Crippen MR) is 62.4 cm³/mol. The molecule has 2 fully saturated rings. The van der Waals surface area contributed by atoms with Gasteiger partial charge in [-0.25, -0.2) is 4.79 Å². The lowest BCUT2D eigenvalue weighted by Gasteiger charge is -2.15. The van der Waals surface area contributed by atoms with Gasteiger partial charge in [0.05, 0.1) is 0 Å². The van der Waals surface area contributed by atoms with Crippen LogP contribution in [0, 0.1) is 0 Å². The van der Waals surface area contributed by atoms with Crippen LogP contribution < -0.4 is 5.32 Å². The summed E-state index contributed by atoms with van der Waals surface area (Å²) in [4.78, 5) is 13.1. The van der Waals surface area contributed by atoms with Crippen LogP contribution in [0.3, 0.4) is 0 Å². The van der Waals surface area contributed by atoms with E-state index in [9.17, 15) is 4.79 Å². The van der Waals surface area contributed by atoms with Crippen LogP contribution in [0.15, 0.2) is 11.6 Å². The minimum absolute atomic E-state index is 0.421. The SMILES string of the molecule is CC(=CCNC1CCN(C2CC2)C1)C(=O)O. The van der Waals surface area contributed by atoms with Gasteiger partial charge in [0.15, 0.2) is 0 Å². The Bertz CT molecular complexity index is 297. The molecule has 0 spiro atoms. The Morgan fingerprint density at radius 3 is 2.88 bits per heavy atom. The van der Waals surface area contributed by atoms with Gasteiger partial charge in [-0.15, -0.1) is 0 Å². The lowest BCUT2D eigenvalue weighted by Crippen LogP contribution is -2.33. The molecule has 0 radical (unpaired) electrons. The van der Waals surface area contributed by atoms with Crippen molar-refractivity contribution >= 4 is 5.97 Å². The number of hydrogen-bond donors (Lipinski definition) is 2. The van der Waals surface area contributed by atoms with Crippen LogP contribution in [0.4, 0.5) is 0 Å². The third-order valence-corrected chi connectivity index (χ3v) is 3.44. The predicted octanol–water partition coefficient (Wildman–Crippen LogP) is 0.844. The van der Waals surface area contributed by atoms with E-state index in [2.05, 4.69) is 10.2 Å². The molecule has 0 bridgehead atoms. The average molecular weight is 224 g/mol. The standard InChI is InChI=1S/C12H20N2O2/c1-9(12(15)16)4-6-13-10-5-7-14(8-10)11-2-3-11/h4,10-11,13H,2-3,5-8H2,1H3,(H,15,16). The quantitative estimate of drug-likeness (QED) is 0.680. The Kier molecular flexibility index (Phi) is 3.61. The van der Waals surface area contributed by atoms with Crippen LogP contribution >= 0.6 is 0 Å². The van der Waals surface area contributed by atoms with Crippen molar-refractivity contribution in [1.29, 1.82) is 0 Å². The van der Waals surface area contributed by atoms with Crippen LogP contribution in [0.2, 0.25) is 0 Å². The summed E-state index contributed by atoms with van der Waals surface area (Å²) in [5.41, 5.74) is 0.421. The van der Waals surface area contributed by atoms with Gasteiger partial charge < -0.3 is 10.4 Å². The summed E-state index contributed by atoms with van der Waals surface area (Å²) >= 11 is 0. The first-order valence-corrected chi connectivity index (χ1v) is 6.04. The third-order valence-electron chi connectivity index (χ3n) is 3.44. The molecule has 1 heterocycles. The maximum atomic E-state index is 10.6. The van der Waals surface area contributed by atoms with Crippen LogP contribution in [0.5, 0.6) is 0 Å². The topological polar surface area (TPSA) is 52.6 Å². The molecule has 2 rings (SSSR count). The summed E-state index contributed by atoms with van der Waals surface area (Å²) in [6.07, 6.45) is 5.67. The van der Waals surface area contributed by atoms with Gasteiger partial charge in [0.1, 0.15) is 0 Å². The summed E-state index contributed by atoms with van der Waals surface area (Å²) in [6, 6.07) is 1.39. The summed E-state index contributed by atoms with van der Waals surface area (Å²) < 4.78 is 0. The lowest BCUT2D eigenvalue weighted by molar-refractivity contribution is -0.132. The van der Waals surface area contributed by atoms with Gasteiger partial charge >= 0.3 is 5.97 Å². The highest BCUT2D eigenvalue weighted by Crippen LogP contribution is 2.29. The number of nitrogens with one attached hydrogen (secondary N) is 1. The van der Waals surface area contributed by atoms with E-state index in [1.807, 2.05) is 0 Å². The molecule has 0 aromatic rings. The molecule has 90 valence electrons. The van der Waals surface area contributed by atoms with Crippen molar-refractivity contribution in [3.63, 3.8) is 0 Å². The second-order valence-electron chi connectivity index (χ2n) is 4.81. The van der Waals surface area contributed by atoms with Crippen molar-refractivity contribution in [1.82, 2.24) is 10.2 Å². The largest absolute Gasteiger partial charge is 0.478 e. The second kappa shape index (κ2) is 4.97. The Morgan fingerprint density at radius 1 is 1.50 bits per heavy atom. The molecular formula is C12H20N2O2. The Balaban J connectivity index is 1.67. The molecule has 1 atom stereocenters. The fourth-order valence-corrected chi connectivity index (χ4v) is 2.19. The van der Waals surface area contributed by atoms with E-state index >= 15 is 0 Å². The van der Waals surface area contributed by atoms with E-state index in [1.54, 1.807) is 13.0 Å². The number of aliphatic carboxylic acids is 1. The first-order chi connectivity index (χ1) is 7.66. The summed E-state index contributed by atoms with van der Waals surface area (Å²) in [6.45, 7) is 4.63. The van der Waals surface area contributed by atoms with E-state index in [0.717, 1.165) is 12.6 Å². The molecule has 16 heavy (non-hydrogen) atoms. The lowest BCUT2D eigenvalue weighted by atomic mass is 10.2. The molecule has 1 aliphatic carbocycles. The number of rotatable bonds is 5. The molecule has 0 amide bonds. The molecular weight excluding hydrogens is 204 g/mol. The van der Waals surface area contributed by atoms with Crippen molar-refractivity contribution in [2.75, 3.05) is 19.6 Å². The maximum Gasteiger partial charge on any atom is 0.330 e. The van der Waals surface area contributed by atoms with E-state index in [4.69, 9.17) is 5.11 Å². The van der Waals surface area contributed by atoms with E-state index in [-0.39, 0.29) is 0 Å². The molecule has 1 saturated heterocycles. The normalized spacial score (nSPS) is 27.3. The number of hydrogen-bond acceptors (Lipinski definition) is 3. The van der Waals surface area contributed by atoms with E-state index in [1.165, 1.54) is 25.8 Å². The van der Waals surface area contributed by atoms with Crippen molar-refractivity contribution in [3.8, 4) is 0 Å². The molecule has 4 nitrogen and oxygen atoms in total. The first-order valence-electron chi connectivity index (χ1n) is 6.04. The zero-order valence-corrected chi connectivity index (χ0v) is 9.78. The zero-order valence-electron chi connectivity index (χ0n) is 9.78. The minimum Gasteiger partial charge on any atom is -0.478 e. The summed E-state index contributed by atoms with van der Waals surface area (Å²) in [5.74, 6) is -0.826. The highest BCUT2D eigenvalue weighted by atomic mass is 16.4. The summed E-state index contributed by atoms with van der Waals surface area (Å²) in [5, 5.41) is 12.1. The minimum atomic E-state index is -0.826. The highest BCUT2D eigenvalue weighted by molar-refractivity contribution is 5.85. The average Bonchev–Trinajstić information content (AvgIpc) is 2.99. The fraction of sp³-hybridized carbons (Fsp3) is 0.750. The van der Waals surface area contributed by atoms with Gasteiger partial charge in [-0.1, -0.05) is 6.08 Å². The van der Waals surface area contributed by atoms with Crippen molar-refractivity contribution in [3.05, 3.63) is 11.6 Å². The van der Waals surface area contributed by atoms with Crippen LogP contribution in [0.1, 0.15) is 26.2 Å². The number of nitrogens with zero attached hydrogens (tertiary/aromatic N) is 1. The maximum absolute atomic E-state index is 10.6. The number of likely N-dealkylation sites (tertiary alicyclic amines) is 1. The van der Waals surface area contributed by atoms with Crippen LogP contribution in [-0.2, 0) is 4.79 Å². The smallest absolute Gasteiger partial charge is 0.330 e. The molecule has 1 saturated carbocycles. The Hall–Kier alpha value is -0.870. The number of carbonyl (C=O) groups is 1. The second-order valence-corrected chi connectivity index (χ2v) is 4.81. The first kappa shape index (κ1) is 11.6. The molecule has 1 aliphatic heterocycles. The molecule has 4 heteroatoms. The van der Waals surface area contributed by atoms with Gasteiger partial charge in [-0.05, 0) is 26.2 Å². The third kappa shape index (κ3) is 3.06. The Labute approximate surface area is 96.3 Å². The molecule has 2 aliphatic rings. The number of carboxylic acid groups (broad SMARTS) is 1. The van der Waals surface area contributed by atoms with Crippen molar-refractivity contribution < 1.29 is 9.90 Å².